The molecule has 2 heterocycles. The first kappa shape index (κ1) is 16.5. The number of nitrogens with zero attached hydrogens (tertiary/aromatic N) is 3. The molecule has 0 aromatic heterocycles. The number of ether oxygens (including phenoxy) is 1. The van der Waals surface area contributed by atoms with Gasteiger partial charge in [0.15, 0.2) is 11.9 Å². The van der Waals surface area contributed by atoms with Crippen LogP contribution in [-0.4, -0.2) is 34.3 Å². The summed E-state index contributed by atoms with van der Waals surface area (Å²) in [5.41, 5.74) is 6.26. The van der Waals surface area contributed by atoms with Gasteiger partial charge in [0, 0.05) is 22.2 Å². The highest BCUT2D eigenvalue weighted by Gasteiger charge is 2.44. The number of rotatable bonds is 1. The third kappa shape index (κ3) is 3.02. The van der Waals surface area contributed by atoms with Gasteiger partial charge in [0.05, 0.1) is 0 Å². The molecule has 0 fully saturated rings. The van der Waals surface area contributed by atoms with E-state index in [4.69, 9.17) is 44.4 Å². The van der Waals surface area contributed by atoms with Gasteiger partial charge >= 0.3 is 11.9 Å². The Morgan fingerprint density at radius 3 is 2.58 bits per heavy atom. The number of fused-ring (bicyclic) bond motifs is 2. The van der Waals surface area contributed by atoms with E-state index in [1.54, 1.807) is 12.1 Å². The van der Waals surface area contributed by atoms with Crippen LogP contribution < -0.4 is 11.6 Å². The fourth-order valence-corrected chi connectivity index (χ4v) is 2.81. The average Bonchev–Trinajstić information content (AvgIpc) is 2.55. The van der Waals surface area contributed by atoms with Crippen LogP contribution in [0.5, 0.6) is 0 Å². The predicted molar refractivity (Wildman–Crippen MR) is 83.8 cm³/mol. The van der Waals surface area contributed by atoms with E-state index in [1.807, 2.05) is 0 Å². The van der Waals surface area contributed by atoms with Crippen molar-refractivity contribution in [1.82, 2.24) is 10.4 Å². The predicted octanol–water partition coefficient (Wildman–Crippen LogP) is 0.653. The molecular weight excluding hydrogens is 361 g/mol. The topological polar surface area (TPSA) is 123 Å². The molecule has 1 aromatic carbocycles. The summed E-state index contributed by atoms with van der Waals surface area (Å²) in [6, 6.07) is 3.68. The van der Waals surface area contributed by atoms with Crippen LogP contribution in [0.1, 0.15) is 11.6 Å². The maximum atomic E-state index is 11.8. The lowest BCUT2D eigenvalue weighted by atomic mass is 10.00. The lowest BCUT2D eigenvalue weighted by molar-refractivity contribution is -0.303. The van der Waals surface area contributed by atoms with E-state index in [0.29, 0.717) is 10.6 Å². The van der Waals surface area contributed by atoms with Crippen molar-refractivity contribution in [3.05, 3.63) is 46.0 Å². The molecule has 24 heavy (non-hydrogen) atoms. The molecule has 2 aliphatic heterocycles. The Kier molecular flexibility index (Phi) is 4.33. The van der Waals surface area contributed by atoms with E-state index < -0.39 is 24.1 Å². The van der Waals surface area contributed by atoms with Gasteiger partial charge in [-0.15, -0.1) is 10.3 Å². The van der Waals surface area contributed by atoms with Gasteiger partial charge in [-0.2, -0.15) is 0 Å². The van der Waals surface area contributed by atoms with Gasteiger partial charge in [-0.25, -0.2) is 15.4 Å². The number of carbonyl (C=O) groups excluding carboxylic acids is 2. The van der Waals surface area contributed by atoms with Gasteiger partial charge < -0.3 is 15.3 Å². The van der Waals surface area contributed by atoms with Crippen molar-refractivity contribution in [2.45, 2.75) is 12.1 Å². The molecule has 2 bridgehead atoms. The van der Waals surface area contributed by atoms with Crippen molar-refractivity contribution in [3.63, 3.8) is 0 Å². The second-order valence-corrected chi connectivity index (χ2v) is 5.70. The Morgan fingerprint density at radius 2 is 1.88 bits per heavy atom. The molecule has 11 heteroatoms. The summed E-state index contributed by atoms with van der Waals surface area (Å²) in [6.07, 6.45) is 0.721. The molecule has 3 unspecified atom stereocenters. The highest BCUT2D eigenvalue weighted by Crippen LogP contribution is 2.36. The Morgan fingerprint density at radius 1 is 1.17 bits per heavy atom. The number of benzene rings is 1. The Balaban J connectivity index is 2.15. The van der Waals surface area contributed by atoms with Gasteiger partial charge in [0.25, 0.3) is 0 Å². The second kappa shape index (κ2) is 6.29. The number of carbonyl (C=O) groups is 2. The van der Waals surface area contributed by atoms with Crippen LogP contribution in [0.3, 0.4) is 0 Å². The zero-order valence-electron chi connectivity index (χ0n) is 11.9. The summed E-state index contributed by atoms with van der Waals surface area (Å²) < 4.78 is 5.27. The SMILES string of the molecule is NC1=NN(N)N2OC(=O)/C=C\C(=O)OC1C2c1ccc(Cl)cc1Cl. The van der Waals surface area contributed by atoms with Crippen LogP contribution in [0, 0.1) is 0 Å². The first-order valence-electron chi connectivity index (χ1n) is 6.60. The van der Waals surface area contributed by atoms with Crippen molar-refractivity contribution >= 4 is 41.0 Å². The number of hydrazine groups is 2. The lowest BCUT2D eigenvalue weighted by Gasteiger charge is -2.40. The number of halogens is 2. The van der Waals surface area contributed by atoms with Crippen LogP contribution in [0.4, 0.5) is 0 Å². The van der Waals surface area contributed by atoms with Gasteiger partial charge in [0.2, 0.25) is 0 Å². The van der Waals surface area contributed by atoms with Crippen LogP contribution in [-0.2, 0) is 19.2 Å². The standard InChI is InChI=1S/C13H11Cl2N5O4/c14-6-1-2-7(8(15)5-6)11-12-13(16)18-20(17)19(11)24-10(22)4-3-9(21)23-12/h1-5,11-12H,17H2,(H2,16,18)/b4-3-. The van der Waals surface area contributed by atoms with Gasteiger partial charge in [-0.05, 0) is 22.9 Å². The normalized spacial score (nSPS) is 28.0. The first-order chi connectivity index (χ1) is 11.4. The van der Waals surface area contributed by atoms with Crippen molar-refractivity contribution in [2.75, 3.05) is 0 Å². The fraction of sp³-hybridized carbons (Fsp3) is 0.154. The maximum absolute atomic E-state index is 11.8. The van der Waals surface area contributed by atoms with Crippen LogP contribution in [0.15, 0.2) is 35.5 Å². The molecular formula is C13H11Cl2N5O4. The molecule has 0 radical (unpaired) electrons. The molecule has 3 rings (SSSR count). The van der Waals surface area contributed by atoms with Crippen LogP contribution >= 0.6 is 23.2 Å². The quantitative estimate of drug-likeness (QED) is 0.544. The summed E-state index contributed by atoms with van der Waals surface area (Å²) in [5, 5.41) is 6.07. The first-order valence-corrected chi connectivity index (χ1v) is 7.36. The molecule has 126 valence electrons. The molecule has 4 N–H and O–H groups in total. The Bertz CT molecular complexity index is 769. The highest BCUT2D eigenvalue weighted by atomic mass is 35.5. The summed E-state index contributed by atoms with van der Waals surface area (Å²) in [6.45, 7) is 0. The lowest BCUT2D eigenvalue weighted by Crippen LogP contribution is -2.58. The molecule has 0 aliphatic carbocycles. The third-order valence-corrected chi connectivity index (χ3v) is 3.86. The molecule has 9 nitrogen and oxygen atoms in total. The number of amidine groups is 1. The highest BCUT2D eigenvalue weighted by molar-refractivity contribution is 6.35. The van der Waals surface area contributed by atoms with E-state index in [-0.39, 0.29) is 10.9 Å². The zero-order chi connectivity index (χ0) is 17.4. The smallest absolute Gasteiger partial charge is 0.352 e. The van der Waals surface area contributed by atoms with E-state index in [1.165, 1.54) is 6.07 Å². The number of nitrogens with two attached hydrogens (primary N) is 2. The second-order valence-electron chi connectivity index (χ2n) is 4.86. The van der Waals surface area contributed by atoms with Gasteiger partial charge in [-0.1, -0.05) is 29.3 Å². The number of hydrazone groups is 1. The molecule has 0 saturated carbocycles. The number of hydrogen-bond donors (Lipinski definition) is 2. The summed E-state index contributed by atoms with van der Waals surface area (Å²) in [5.74, 6) is 3.99. The number of hydrogen-bond acceptors (Lipinski definition) is 9. The van der Waals surface area contributed by atoms with Gasteiger partial charge in [-0.3, -0.25) is 0 Å². The van der Waals surface area contributed by atoms with E-state index in [9.17, 15) is 9.59 Å². The third-order valence-electron chi connectivity index (χ3n) is 3.30. The minimum Gasteiger partial charge on any atom is -0.449 e. The Hall–Kier alpha value is -2.33. The number of hydroxylamine groups is 1. The molecule has 1 aromatic rings. The van der Waals surface area contributed by atoms with Crippen molar-refractivity contribution in [2.24, 2.45) is 16.7 Å². The van der Waals surface area contributed by atoms with Crippen LogP contribution in [0.25, 0.3) is 0 Å². The van der Waals surface area contributed by atoms with E-state index >= 15 is 0 Å². The number of esters is 1. The Labute approximate surface area is 145 Å². The van der Waals surface area contributed by atoms with Crippen molar-refractivity contribution in [1.29, 1.82) is 0 Å². The van der Waals surface area contributed by atoms with E-state index in [0.717, 1.165) is 22.6 Å². The summed E-state index contributed by atoms with van der Waals surface area (Å²) in [7, 11) is 0. The fourth-order valence-electron chi connectivity index (χ4n) is 2.29. The maximum Gasteiger partial charge on any atom is 0.352 e. The average molecular weight is 372 g/mol. The summed E-state index contributed by atoms with van der Waals surface area (Å²) >= 11 is 12.1. The van der Waals surface area contributed by atoms with Gasteiger partial charge in [0.1, 0.15) is 6.04 Å². The zero-order valence-corrected chi connectivity index (χ0v) is 13.4. The molecule has 3 atom stereocenters. The minimum atomic E-state index is -1.09. The monoisotopic (exact) mass is 371 g/mol. The molecule has 0 amide bonds. The molecule has 0 spiro atoms. The van der Waals surface area contributed by atoms with Crippen molar-refractivity contribution in [3.8, 4) is 0 Å². The van der Waals surface area contributed by atoms with Crippen molar-refractivity contribution < 1.29 is 19.2 Å². The van der Waals surface area contributed by atoms with E-state index in [2.05, 4.69) is 5.10 Å². The van der Waals surface area contributed by atoms with Crippen LogP contribution in [0.2, 0.25) is 10.0 Å². The largest absolute Gasteiger partial charge is 0.449 e. The molecule has 0 saturated heterocycles. The minimum absolute atomic E-state index is 0.0931. The molecule has 2 aliphatic rings. The summed E-state index contributed by atoms with van der Waals surface area (Å²) in [4.78, 5) is 28.8.